The Morgan fingerprint density at radius 1 is 1.39 bits per heavy atom. The third kappa shape index (κ3) is 3.91. The SMILES string of the molecule is COC1=CC(CCC(=O)O)C2=C(C=C(c3ccc(C#N)cc3)CC2=O)N(C)N1. The lowest BCUT2D eigenvalue weighted by atomic mass is 9.82. The molecule has 0 bridgehead atoms. The van der Waals surface area contributed by atoms with Crippen LogP contribution in [0.5, 0.6) is 0 Å². The molecule has 7 nitrogen and oxygen atoms in total. The summed E-state index contributed by atoms with van der Waals surface area (Å²) in [5, 5.41) is 19.8. The van der Waals surface area contributed by atoms with Crippen LogP contribution in [0.25, 0.3) is 5.57 Å². The summed E-state index contributed by atoms with van der Waals surface area (Å²) in [4.78, 5) is 24.1. The van der Waals surface area contributed by atoms with Crippen molar-refractivity contribution in [3.63, 3.8) is 0 Å². The highest BCUT2D eigenvalue weighted by Gasteiger charge is 2.32. The molecule has 2 aliphatic rings. The van der Waals surface area contributed by atoms with E-state index in [0.29, 0.717) is 29.1 Å². The minimum atomic E-state index is -0.905. The van der Waals surface area contributed by atoms with Crippen LogP contribution in [-0.4, -0.2) is 36.0 Å². The second-order valence-corrected chi connectivity index (χ2v) is 6.70. The maximum atomic E-state index is 13.1. The molecular formula is C21H21N3O4. The summed E-state index contributed by atoms with van der Waals surface area (Å²) >= 11 is 0. The predicted octanol–water partition coefficient (Wildman–Crippen LogP) is 2.59. The molecule has 0 fully saturated rings. The third-order valence-corrected chi connectivity index (χ3v) is 4.87. The zero-order chi connectivity index (χ0) is 20.3. The number of likely N-dealkylation sites (N-methyl/N-ethyl adjacent to an activating group) is 1. The summed E-state index contributed by atoms with van der Waals surface area (Å²) < 4.78 is 5.33. The quantitative estimate of drug-likeness (QED) is 0.810. The van der Waals surface area contributed by atoms with Gasteiger partial charge in [-0.15, -0.1) is 0 Å². The molecule has 144 valence electrons. The molecule has 0 amide bonds. The van der Waals surface area contributed by atoms with E-state index >= 15 is 0 Å². The number of nitrogens with zero attached hydrogens (tertiary/aromatic N) is 2. The number of ketones is 1. The second-order valence-electron chi connectivity index (χ2n) is 6.70. The average Bonchev–Trinajstić information content (AvgIpc) is 2.83. The first kappa shape index (κ1) is 19.2. The van der Waals surface area contributed by atoms with E-state index < -0.39 is 5.97 Å². The highest BCUT2D eigenvalue weighted by Crippen LogP contribution is 2.36. The van der Waals surface area contributed by atoms with E-state index in [-0.39, 0.29) is 24.5 Å². The van der Waals surface area contributed by atoms with Crippen molar-refractivity contribution < 1.29 is 19.4 Å². The topological polar surface area (TPSA) is 103 Å². The summed E-state index contributed by atoms with van der Waals surface area (Å²) in [7, 11) is 3.30. The number of nitriles is 1. The number of Topliss-reactive ketones (excluding diaryl/α,β-unsaturated/α-hetero) is 1. The number of nitrogens with one attached hydrogen (secondary N) is 1. The monoisotopic (exact) mass is 379 g/mol. The maximum absolute atomic E-state index is 13.1. The molecule has 0 radical (unpaired) electrons. The number of hydrogen-bond donors (Lipinski definition) is 2. The van der Waals surface area contributed by atoms with Crippen LogP contribution in [0.15, 0.2) is 53.6 Å². The molecule has 1 atom stereocenters. The van der Waals surface area contributed by atoms with Crippen molar-refractivity contribution in [3.8, 4) is 6.07 Å². The summed E-state index contributed by atoms with van der Waals surface area (Å²) in [6, 6.07) is 9.18. The van der Waals surface area contributed by atoms with Crippen LogP contribution >= 0.6 is 0 Å². The number of methoxy groups -OCH3 is 1. The fraction of sp³-hybridized carbons (Fsp3) is 0.286. The number of aliphatic carboxylic acids is 1. The molecule has 7 heteroatoms. The summed E-state index contributed by atoms with van der Waals surface area (Å²) in [6.07, 6.45) is 4.18. The van der Waals surface area contributed by atoms with Crippen LogP contribution in [0.3, 0.4) is 0 Å². The van der Waals surface area contributed by atoms with Crippen molar-refractivity contribution in [2.24, 2.45) is 5.92 Å². The Morgan fingerprint density at radius 2 is 2.11 bits per heavy atom. The first-order chi connectivity index (χ1) is 13.4. The molecule has 1 aliphatic carbocycles. The van der Waals surface area contributed by atoms with Gasteiger partial charge in [-0.2, -0.15) is 5.26 Å². The molecule has 0 aromatic heterocycles. The molecule has 3 rings (SSSR count). The van der Waals surface area contributed by atoms with E-state index in [1.807, 2.05) is 18.2 Å². The first-order valence-corrected chi connectivity index (χ1v) is 8.89. The maximum Gasteiger partial charge on any atom is 0.303 e. The van der Waals surface area contributed by atoms with Crippen molar-refractivity contribution in [1.29, 1.82) is 5.26 Å². The van der Waals surface area contributed by atoms with Gasteiger partial charge >= 0.3 is 5.97 Å². The average molecular weight is 379 g/mol. The Hall–Kier alpha value is -3.53. The van der Waals surface area contributed by atoms with Gasteiger partial charge in [0.2, 0.25) is 5.88 Å². The summed E-state index contributed by atoms with van der Waals surface area (Å²) in [5.74, 6) is -0.843. The Kier molecular flexibility index (Phi) is 5.50. The second kappa shape index (κ2) is 8.01. The van der Waals surface area contributed by atoms with Crippen molar-refractivity contribution in [1.82, 2.24) is 10.4 Å². The fourth-order valence-electron chi connectivity index (χ4n) is 3.47. The van der Waals surface area contributed by atoms with E-state index in [4.69, 9.17) is 15.1 Å². The fourth-order valence-corrected chi connectivity index (χ4v) is 3.47. The standard InChI is InChI=1S/C21H21N3O4/c1-24-17-9-16(14-5-3-13(12-22)4-6-14)10-18(25)21(17)15(7-8-20(26)27)11-19(23-24)28-2/h3-6,9,11,15,23H,7-8,10H2,1-2H3,(H,26,27). The molecule has 1 aromatic carbocycles. The number of hydrazine groups is 1. The van der Waals surface area contributed by atoms with Gasteiger partial charge in [-0.3, -0.25) is 20.0 Å². The van der Waals surface area contributed by atoms with Crippen LogP contribution in [0.2, 0.25) is 0 Å². The lowest BCUT2D eigenvalue weighted by molar-refractivity contribution is -0.137. The van der Waals surface area contributed by atoms with Crippen LogP contribution < -0.4 is 5.43 Å². The number of carboxylic acid groups (broad SMARTS) is 1. The largest absolute Gasteiger partial charge is 0.482 e. The van der Waals surface area contributed by atoms with Crippen molar-refractivity contribution >= 4 is 17.3 Å². The molecule has 28 heavy (non-hydrogen) atoms. The van der Waals surface area contributed by atoms with E-state index in [1.54, 1.807) is 30.3 Å². The van der Waals surface area contributed by atoms with Crippen LogP contribution in [0.1, 0.15) is 30.4 Å². The molecular weight excluding hydrogens is 358 g/mol. The zero-order valence-corrected chi connectivity index (χ0v) is 15.7. The number of allylic oxidation sites excluding steroid dienone is 4. The first-order valence-electron chi connectivity index (χ1n) is 8.89. The number of carbonyl (C=O) groups excluding carboxylic acids is 1. The predicted molar refractivity (Wildman–Crippen MR) is 102 cm³/mol. The highest BCUT2D eigenvalue weighted by atomic mass is 16.5. The van der Waals surface area contributed by atoms with Gasteiger partial charge in [-0.05, 0) is 41.8 Å². The number of benzene rings is 1. The van der Waals surface area contributed by atoms with Crippen LogP contribution in [0.4, 0.5) is 0 Å². The van der Waals surface area contributed by atoms with Crippen molar-refractivity contribution in [2.45, 2.75) is 19.3 Å². The minimum Gasteiger partial charge on any atom is -0.482 e. The van der Waals surface area contributed by atoms with Gasteiger partial charge in [0, 0.05) is 31.4 Å². The molecule has 0 saturated carbocycles. The molecule has 1 aliphatic heterocycles. The van der Waals surface area contributed by atoms with Gasteiger partial charge in [-0.1, -0.05) is 12.1 Å². The lowest BCUT2D eigenvalue weighted by Gasteiger charge is -2.28. The molecule has 0 spiro atoms. The Bertz CT molecular complexity index is 935. The Labute approximate surface area is 163 Å². The van der Waals surface area contributed by atoms with Gasteiger partial charge in [0.05, 0.1) is 24.4 Å². The van der Waals surface area contributed by atoms with Gasteiger partial charge in [0.15, 0.2) is 5.78 Å². The number of hydrogen-bond acceptors (Lipinski definition) is 6. The lowest BCUT2D eigenvalue weighted by Crippen LogP contribution is -2.34. The smallest absolute Gasteiger partial charge is 0.303 e. The highest BCUT2D eigenvalue weighted by molar-refractivity contribution is 6.06. The molecule has 1 unspecified atom stereocenters. The van der Waals surface area contributed by atoms with Crippen LogP contribution in [-0.2, 0) is 14.3 Å². The molecule has 2 N–H and O–H groups in total. The number of carboxylic acids is 1. The zero-order valence-electron chi connectivity index (χ0n) is 15.7. The number of rotatable bonds is 5. The van der Waals surface area contributed by atoms with Gasteiger partial charge in [0.1, 0.15) is 0 Å². The molecule has 0 saturated heterocycles. The molecule has 1 aromatic rings. The van der Waals surface area contributed by atoms with Gasteiger partial charge in [0.25, 0.3) is 0 Å². The normalized spacial score (nSPS) is 19.0. The van der Waals surface area contributed by atoms with Gasteiger partial charge < -0.3 is 9.84 Å². The Morgan fingerprint density at radius 3 is 2.71 bits per heavy atom. The number of carbonyl (C=O) groups is 2. The van der Waals surface area contributed by atoms with Crippen molar-refractivity contribution in [2.75, 3.05) is 14.2 Å². The number of ether oxygens (including phenoxy) is 1. The van der Waals surface area contributed by atoms with E-state index in [1.165, 1.54) is 7.11 Å². The van der Waals surface area contributed by atoms with E-state index in [0.717, 1.165) is 11.1 Å². The van der Waals surface area contributed by atoms with E-state index in [9.17, 15) is 9.59 Å². The van der Waals surface area contributed by atoms with Crippen LogP contribution in [0, 0.1) is 17.2 Å². The summed E-state index contributed by atoms with van der Waals surface area (Å²) in [6.45, 7) is 0. The van der Waals surface area contributed by atoms with Gasteiger partial charge in [-0.25, -0.2) is 0 Å². The molecule has 1 heterocycles. The third-order valence-electron chi connectivity index (χ3n) is 4.87. The Balaban J connectivity index is 2.03. The van der Waals surface area contributed by atoms with E-state index in [2.05, 4.69) is 11.5 Å². The van der Waals surface area contributed by atoms with Crippen molar-refractivity contribution in [3.05, 3.63) is 64.7 Å². The summed E-state index contributed by atoms with van der Waals surface area (Å²) in [5.41, 5.74) is 6.63. The minimum absolute atomic E-state index is 0.0435.